The van der Waals surface area contributed by atoms with Crippen molar-refractivity contribution in [3.63, 3.8) is 0 Å². The Hall–Kier alpha value is -3.47. The van der Waals surface area contributed by atoms with Gasteiger partial charge in [-0.1, -0.05) is 30.3 Å². The Balaban J connectivity index is 2.77. The monoisotopic (exact) mass is 421 g/mol. The van der Waals surface area contributed by atoms with Crippen LogP contribution in [0.4, 0.5) is 0 Å². The van der Waals surface area contributed by atoms with Crippen LogP contribution in [0.5, 0.6) is 0 Å². The van der Waals surface area contributed by atoms with Gasteiger partial charge in [0.15, 0.2) is 0 Å². The molecule has 0 unspecified atom stereocenters. The number of benzene rings is 1. The van der Waals surface area contributed by atoms with E-state index in [4.69, 9.17) is 16.6 Å². The molecule has 0 bridgehead atoms. The molecule has 0 saturated heterocycles. The first kappa shape index (κ1) is 24.6. The third-order valence-electron chi connectivity index (χ3n) is 4.17. The summed E-state index contributed by atoms with van der Waals surface area (Å²) in [5.74, 6) is -3.96. The molecule has 30 heavy (non-hydrogen) atoms. The first-order chi connectivity index (χ1) is 14.1. The normalized spacial score (nSPS) is 13.4. The molecule has 0 saturated carbocycles. The highest BCUT2D eigenvalue weighted by Gasteiger charge is 2.27. The van der Waals surface area contributed by atoms with Gasteiger partial charge in [0.25, 0.3) is 0 Å². The molecule has 0 aromatic heterocycles. The van der Waals surface area contributed by atoms with Gasteiger partial charge in [0.1, 0.15) is 18.1 Å². The van der Waals surface area contributed by atoms with Crippen LogP contribution >= 0.6 is 0 Å². The van der Waals surface area contributed by atoms with Crippen LogP contribution in [0.1, 0.15) is 25.3 Å². The maximum atomic E-state index is 12.6. The number of carboxylic acid groups (broad SMARTS) is 1. The van der Waals surface area contributed by atoms with E-state index in [0.717, 1.165) is 5.56 Å². The van der Waals surface area contributed by atoms with Gasteiger partial charge >= 0.3 is 5.97 Å². The highest BCUT2D eigenvalue weighted by atomic mass is 16.4. The average molecular weight is 421 g/mol. The van der Waals surface area contributed by atoms with Crippen LogP contribution in [0.25, 0.3) is 0 Å². The van der Waals surface area contributed by atoms with Crippen LogP contribution in [0.15, 0.2) is 30.3 Å². The number of primary amides is 1. The molecule has 0 aliphatic heterocycles. The molecule has 1 rings (SSSR count). The van der Waals surface area contributed by atoms with Crippen molar-refractivity contribution in [2.75, 3.05) is 6.54 Å². The summed E-state index contributed by atoms with van der Waals surface area (Å²) in [7, 11) is 0. The third-order valence-corrected chi connectivity index (χ3v) is 4.17. The molecular formula is C19H27N5O6. The second-order valence-corrected chi connectivity index (χ2v) is 6.65. The van der Waals surface area contributed by atoms with E-state index < -0.39 is 47.7 Å². The molecule has 0 spiro atoms. The SMILES string of the molecule is C[C@H](NC(=O)[C@@H](Cc1ccccc1)NC(=O)CN)C(=O)N[C@@H](CCC(N)=O)C(=O)O. The molecule has 4 amide bonds. The largest absolute Gasteiger partial charge is 0.480 e. The van der Waals surface area contributed by atoms with Crippen LogP contribution in [-0.4, -0.2) is 59.4 Å². The third kappa shape index (κ3) is 8.69. The molecular weight excluding hydrogens is 394 g/mol. The minimum absolute atomic E-state index is 0.170. The van der Waals surface area contributed by atoms with Gasteiger partial charge in [0, 0.05) is 12.8 Å². The summed E-state index contributed by atoms with van der Waals surface area (Å²) in [6.45, 7) is 1.05. The fourth-order valence-electron chi connectivity index (χ4n) is 2.53. The molecule has 0 radical (unpaired) electrons. The second kappa shape index (κ2) is 12.2. The van der Waals surface area contributed by atoms with Crippen LogP contribution < -0.4 is 27.4 Å². The van der Waals surface area contributed by atoms with Crippen LogP contribution in [0.2, 0.25) is 0 Å². The Morgan fingerprint density at radius 1 is 0.967 bits per heavy atom. The first-order valence-corrected chi connectivity index (χ1v) is 9.29. The Bertz CT molecular complexity index is 770. The molecule has 8 N–H and O–H groups in total. The zero-order valence-electron chi connectivity index (χ0n) is 16.6. The first-order valence-electron chi connectivity index (χ1n) is 9.29. The lowest BCUT2D eigenvalue weighted by Crippen LogP contribution is -2.55. The number of hydrogen-bond acceptors (Lipinski definition) is 6. The zero-order valence-corrected chi connectivity index (χ0v) is 16.6. The molecule has 0 heterocycles. The number of carboxylic acids is 1. The van der Waals surface area contributed by atoms with Gasteiger partial charge in [0.2, 0.25) is 23.6 Å². The molecule has 0 fully saturated rings. The fraction of sp³-hybridized carbons (Fsp3) is 0.421. The Kier molecular flexibility index (Phi) is 9.97. The highest BCUT2D eigenvalue weighted by Crippen LogP contribution is 2.04. The fourth-order valence-corrected chi connectivity index (χ4v) is 2.53. The average Bonchev–Trinajstić information content (AvgIpc) is 2.70. The molecule has 1 aromatic carbocycles. The molecule has 11 nitrogen and oxygen atoms in total. The van der Waals surface area contributed by atoms with Crippen LogP contribution in [-0.2, 0) is 30.4 Å². The van der Waals surface area contributed by atoms with Crippen molar-refractivity contribution in [2.45, 2.75) is 44.3 Å². The van der Waals surface area contributed by atoms with Crippen LogP contribution in [0.3, 0.4) is 0 Å². The molecule has 3 atom stereocenters. The van der Waals surface area contributed by atoms with E-state index in [1.54, 1.807) is 30.3 Å². The van der Waals surface area contributed by atoms with Crippen molar-refractivity contribution in [3.8, 4) is 0 Å². The second-order valence-electron chi connectivity index (χ2n) is 6.65. The van der Waals surface area contributed by atoms with Gasteiger partial charge in [-0.25, -0.2) is 4.79 Å². The van der Waals surface area contributed by atoms with Crippen LogP contribution in [0, 0.1) is 0 Å². The summed E-state index contributed by atoms with van der Waals surface area (Å²) in [6, 6.07) is 5.52. The summed E-state index contributed by atoms with van der Waals surface area (Å²) >= 11 is 0. The Labute approximate surface area is 173 Å². The minimum atomic E-state index is -1.33. The summed E-state index contributed by atoms with van der Waals surface area (Å²) in [5.41, 5.74) is 11.1. The van der Waals surface area contributed by atoms with E-state index in [-0.39, 0.29) is 25.8 Å². The number of rotatable bonds is 12. The molecule has 164 valence electrons. The maximum Gasteiger partial charge on any atom is 0.326 e. The Morgan fingerprint density at radius 3 is 2.13 bits per heavy atom. The van der Waals surface area contributed by atoms with Gasteiger partial charge in [-0.05, 0) is 18.9 Å². The molecule has 0 aliphatic rings. The number of nitrogens with one attached hydrogen (secondary N) is 3. The van der Waals surface area contributed by atoms with Gasteiger partial charge in [-0.2, -0.15) is 0 Å². The van der Waals surface area contributed by atoms with Crippen molar-refractivity contribution in [1.29, 1.82) is 0 Å². The Morgan fingerprint density at radius 2 is 1.60 bits per heavy atom. The van der Waals surface area contributed by atoms with Crippen molar-refractivity contribution >= 4 is 29.6 Å². The topological polar surface area (TPSA) is 194 Å². The number of carbonyl (C=O) groups excluding carboxylic acids is 4. The number of amides is 4. The zero-order chi connectivity index (χ0) is 22.7. The van der Waals surface area contributed by atoms with E-state index in [1.165, 1.54) is 6.92 Å². The quantitative estimate of drug-likeness (QED) is 0.225. The summed E-state index contributed by atoms with van der Waals surface area (Å²) in [6.07, 6.45) is -0.231. The number of nitrogens with two attached hydrogens (primary N) is 2. The van der Waals surface area contributed by atoms with Crippen molar-refractivity contribution in [2.24, 2.45) is 11.5 Å². The van der Waals surface area contributed by atoms with Gasteiger partial charge in [0.05, 0.1) is 6.54 Å². The predicted octanol–water partition coefficient (Wildman–Crippen LogP) is -1.99. The van der Waals surface area contributed by atoms with E-state index in [2.05, 4.69) is 16.0 Å². The van der Waals surface area contributed by atoms with Gasteiger partial charge < -0.3 is 32.5 Å². The van der Waals surface area contributed by atoms with Gasteiger partial charge in [-0.15, -0.1) is 0 Å². The van der Waals surface area contributed by atoms with E-state index in [0.29, 0.717) is 0 Å². The highest BCUT2D eigenvalue weighted by molar-refractivity contribution is 5.93. The number of aliphatic carboxylic acids is 1. The van der Waals surface area contributed by atoms with E-state index in [9.17, 15) is 24.0 Å². The number of carbonyl (C=O) groups is 5. The molecule has 1 aromatic rings. The smallest absolute Gasteiger partial charge is 0.326 e. The lowest BCUT2D eigenvalue weighted by atomic mass is 10.0. The van der Waals surface area contributed by atoms with Crippen molar-refractivity contribution < 1.29 is 29.1 Å². The van der Waals surface area contributed by atoms with E-state index >= 15 is 0 Å². The molecule has 0 aliphatic carbocycles. The summed E-state index contributed by atoms with van der Waals surface area (Å²) < 4.78 is 0. The number of hydrogen-bond donors (Lipinski definition) is 6. The summed E-state index contributed by atoms with van der Waals surface area (Å²) in [4.78, 5) is 58.7. The standard InChI is InChI=1S/C19H27N5O6/c1-11(17(27)24-13(19(29)30)7-8-15(21)25)22-18(28)14(23-16(26)10-20)9-12-5-3-2-4-6-12/h2-6,11,13-14H,7-10,20H2,1H3,(H2,21,25)(H,22,28)(H,23,26)(H,24,27)(H,29,30)/t11-,13-,14+/m0/s1. The lowest BCUT2D eigenvalue weighted by Gasteiger charge is -2.22. The molecule has 11 heteroatoms. The maximum absolute atomic E-state index is 12.6. The lowest BCUT2D eigenvalue weighted by molar-refractivity contribution is -0.142. The predicted molar refractivity (Wildman–Crippen MR) is 107 cm³/mol. The van der Waals surface area contributed by atoms with E-state index in [1.807, 2.05) is 0 Å². The van der Waals surface area contributed by atoms with Crippen molar-refractivity contribution in [1.82, 2.24) is 16.0 Å². The van der Waals surface area contributed by atoms with Gasteiger partial charge in [-0.3, -0.25) is 19.2 Å². The minimum Gasteiger partial charge on any atom is -0.480 e. The summed E-state index contributed by atoms with van der Waals surface area (Å²) in [5, 5.41) is 16.4. The van der Waals surface area contributed by atoms with Crippen molar-refractivity contribution in [3.05, 3.63) is 35.9 Å².